The molecule has 1 unspecified atom stereocenters. The summed E-state index contributed by atoms with van der Waals surface area (Å²) in [6, 6.07) is 9.87. The maximum absolute atomic E-state index is 11.8. The molecule has 1 saturated carbocycles. The molecule has 32 heavy (non-hydrogen) atoms. The van der Waals surface area contributed by atoms with Crippen LogP contribution in [0.5, 0.6) is 0 Å². The minimum absolute atomic E-state index is 0.253. The number of benzene rings is 1. The second kappa shape index (κ2) is 8.29. The third-order valence-electron chi connectivity index (χ3n) is 6.41. The Morgan fingerprint density at radius 3 is 2.72 bits per heavy atom. The molecule has 1 N–H and O–H groups in total. The predicted molar refractivity (Wildman–Crippen MR) is 118 cm³/mol. The molecule has 0 bridgehead atoms. The summed E-state index contributed by atoms with van der Waals surface area (Å²) in [7, 11) is 0. The molecule has 2 aromatic heterocycles. The Balaban J connectivity index is 1.20. The Labute approximate surface area is 187 Å². The van der Waals surface area contributed by atoms with E-state index < -0.39 is 6.10 Å². The number of imidazole rings is 1. The van der Waals surface area contributed by atoms with Crippen LogP contribution in [0.2, 0.25) is 0 Å². The van der Waals surface area contributed by atoms with Crippen LogP contribution in [0.1, 0.15) is 43.5 Å². The molecule has 0 radical (unpaired) electrons. The molecule has 1 amide bonds. The number of aliphatic hydroxyl groups excluding tert-OH is 1. The van der Waals surface area contributed by atoms with Crippen molar-refractivity contribution in [1.29, 1.82) is 0 Å². The normalized spacial score (nSPS) is 22.2. The molecular formula is C25H26N4O3. The standard InChI is InChI=1S/C25H26N4O3/c1-3-24(31)29-14-21-20(22(21)15-29)9-6-17-4-7-18(8-5-17)23-12-19(27-32-23)13-28-11-10-26-25(28)16(2)30/h4-5,7-8,10-12,16,20-22,30H,3,13-15H2,1-2H3/t16-,20?,21-,22+/m0/s1. The number of carbonyl (C=O) groups is 1. The average molecular weight is 431 g/mol. The number of likely N-dealkylation sites (tertiary alicyclic amines) is 1. The lowest BCUT2D eigenvalue weighted by atomic mass is 10.1. The molecule has 1 aliphatic heterocycles. The molecule has 1 saturated heterocycles. The van der Waals surface area contributed by atoms with E-state index in [0.29, 0.717) is 42.3 Å². The number of hydrogen-bond acceptors (Lipinski definition) is 5. The van der Waals surface area contributed by atoms with Crippen LogP contribution < -0.4 is 0 Å². The minimum Gasteiger partial charge on any atom is -0.385 e. The summed E-state index contributed by atoms with van der Waals surface area (Å²) in [6.07, 6.45) is 3.43. The fourth-order valence-corrected chi connectivity index (χ4v) is 4.57. The summed E-state index contributed by atoms with van der Waals surface area (Å²) < 4.78 is 7.38. The van der Waals surface area contributed by atoms with Gasteiger partial charge in [0.25, 0.3) is 0 Å². The van der Waals surface area contributed by atoms with E-state index in [2.05, 4.69) is 22.0 Å². The number of nitrogens with zero attached hydrogens (tertiary/aromatic N) is 4. The van der Waals surface area contributed by atoms with Gasteiger partial charge in [-0.2, -0.15) is 0 Å². The van der Waals surface area contributed by atoms with Crippen molar-refractivity contribution in [3.8, 4) is 23.2 Å². The third-order valence-corrected chi connectivity index (χ3v) is 6.41. The maximum atomic E-state index is 11.8. The van der Waals surface area contributed by atoms with Gasteiger partial charge in [0, 0.05) is 55.0 Å². The van der Waals surface area contributed by atoms with Crippen molar-refractivity contribution in [2.45, 2.75) is 32.9 Å². The van der Waals surface area contributed by atoms with Gasteiger partial charge in [-0.3, -0.25) is 4.79 Å². The zero-order chi connectivity index (χ0) is 22.2. The molecule has 3 heterocycles. The van der Waals surface area contributed by atoms with Gasteiger partial charge in [0.2, 0.25) is 5.91 Å². The van der Waals surface area contributed by atoms with E-state index >= 15 is 0 Å². The highest BCUT2D eigenvalue weighted by Crippen LogP contribution is 2.51. The molecule has 0 spiro atoms. The van der Waals surface area contributed by atoms with Gasteiger partial charge >= 0.3 is 0 Å². The maximum Gasteiger partial charge on any atom is 0.222 e. The highest BCUT2D eigenvalue weighted by atomic mass is 16.5. The zero-order valence-electron chi connectivity index (χ0n) is 18.2. The molecule has 2 aliphatic rings. The van der Waals surface area contributed by atoms with Crippen molar-refractivity contribution < 1.29 is 14.4 Å². The Kier molecular flexibility index (Phi) is 5.32. The first kappa shape index (κ1) is 20.5. The molecule has 2 fully saturated rings. The van der Waals surface area contributed by atoms with E-state index in [-0.39, 0.29) is 5.91 Å². The molecule has 1 aliphatic carbocycles. The van der Waals surface area contributed by atoms with Crippen molar-refractivity contribution in [3.63, 3.8) is 0 Å². The summed E-state index contributed by atoms with van der Waals surface area (Å²) >= 11 is 0. The minimum atomic E-state index is -0.641. The number of hydrogen-bond donors (Lipinski definition) is 1. The lowest BCUT2D eigenvalue weighted by molar-refractivity contribution is -0.130. The van der Waals surface area contributed by atoms with Crippen LogP contribution in [0.15, 0.2) is 47.2 Å². The Bertz CT molecular complexity index is 1170. The lowest BCUT2D eigenvalue weighted by Crippen LogP contribution is -2.30. The van der Waals surface area contributed by atoms with Gasteiger partial charge in [-0.25, -0.2) is 4.98 Å². The van der Waals surface area contributed by atoms with Gasteiger partial charge in [0.05, 0.1) is 6.54 Å². The van der Waals surface area contributed by atoms with Crippen LogP contribution in [0.3, 0.4) is 0 Å². The molecule has 3 aromatic rings. The first-order valence-electron chi connectivity index (χ1n) is 11.1. The third kappa shape index (κ3) is 3.94. The van der Waals surface area contributed by atoms with Crippen LogP contribution in [0.4, 0.5) is 0 Å². The summed E-state index contributed by atoms with van der Waals surface area (Å²) in [5.74, 6) is 9.75. The van der Waals surface area contributed by atoms with Crippen LogP contribution in [-0.4, -0.2) is 43.7 Å². The van der Waals surface area contributed by atoms with Crippen LogP contribution in [-0.2, 0) is 11.3 Å². The van der Waals surface area contributed by atoms with Crippen molar-refractivity contribution >= 4 is 5.91 Å². The van der Waals surface area contributed by atoms with Gasteiger partial charge in [0.1, 0.15) is 17.6 Å². The highest BCUT2D eigenvalue weighted by Gasteiger charge is 2.55. The molecule has 164 valence electrons. The van der Waals surface area contributed by atoms with E-state index in [4.69, 9.17) is 4.52 Å². The van der Waals surface area contributed by atoms with Gasteiger partial charge < -0.3 is 19.1 Å². The van der Waals surface area contributed by atoms with Crippen LogP contribution >= 0.6 is 0 Å². The molecule has 5 rings (SSSR count). The van der Waals surface area contributed by atoms with Crippen molar-refractivity contribution in [3.05, 3.63) is 59.8 Å². The van der Waals surface area contributed by atoms with E-state index in [1.165, 1.54) is 0 Å². The van der Waals surface area contributed by atoms with E-state index in [1.54, 1.807) is 13.1 Å². The number of amides is 1. The second-order valence-electron chi connectivity index (χ2n) is 8.62. The first-order valence-corrected chi connectivity index (χ1v) is 11.1. The van der Waals surface area contributed by atoms with Crippen molar-refractivity contribution in [2.75, 3.05) is 13.1 Å². The fraction of sp³-hybridized carbons (Fsp3) is 0.400. The van der Waals surface area contributed by atoms with Gasteiger partial charge in [-0.05, 0) is 43.0 Å². The van der Waals surface area contributed by atoms with Gasteiger partial charge in [-0.1, -0.05) is 23.9 Å². The molecule has 7 nitrogen and oxygen atoms in total. The van der Waals surface area contributed by atoms with Crippen molar-refractivity contribution in [1.82, 2.24) is 19.6 Å². The number of aliphatic hydroxyl groups is 1. The Morgan fingerprint density at radius 2 is 2.03 bits per heavy atom. The van der Waals surface area contributed by atoms with E-state index in [0.717, 1.165) is 29.9 Å². The van der Waals surface area contributed by atoms with E-state index in [1.807, 2.05) is 52.9 Å². The van der Waals surface area contributed by atoms with Crippen molar-refractivity contribution in [2.24, 2.45) is 17.8 Å². The van der Waals surface area contributed by atoms with Crippen LogP contribution in [0, 0.1) is 29.6 Å². The van der Waals surface area contributed by atoms with Crippen LogP contribution in [0.25, 0.3) is 11.3 Å². The monoisotopic (exact) mass is 430 g/mol. The summed E-state index contributed by atoms with van der Waals surface area (Å²) in [6.45, 7) is 5.82. The number of rotatable bonds is 5. The fourth-order valence-electron chi connectivity index (χ4n) is 4.57. The largest absolute Gasteiger partial charge is 0.385 e. The molecule has 1 aromatic carbocycles. The lowest BCUT2D eigenvalue weighted by Gasteiger charge is -2.17. The number of piperidine rings is 1. The smallest absolute Gasteiger partial charge is 0.222 e. The topological polar surface area (TPSA) is 84.4 Å². The zero-order valence-corrected chi connectivity index (χ0v) is 18.2. The number of aromatic nitrogens is 3. The Hall–Kier alpha value is -3.37. The number of fused-ring (bicyclic) bond motifs is 1. The quantitative estimate of drug-likeness (QED) is 0.629. The van der Waals surface area contributed by atoms with Gasteiger partial charge in [0.15, 0.2) is 5.76 Å². The predicted octanol–water partition coefficient (Wildman–Crippen LogP) is 3.11. The SMILES string of the molecule is CCC(=O)N1C[C@@H]2C(C#Cc3ccc(-c4cc(Cn5ccnc5[C@H](C)O)no4)cc3)[C@@H]2C1. The summed E-state index contributed by atoms with van der Waals surface area (Å²) in [5, 5.41) is 14.0. The first-order chi connectivity index (χ1) is 15.5. The second-order valence-corrected chi connectivity index (χ2v) is 8.62. The average Bonchev–Trinajstić information content (AvgIpc) is 3.29. The Morgan fingerprint density at radius 1 is 1.28 bits per heavy atom. The van der Waals surface area contributed by atoms with E-state index in [9.17, 15) is 9.90 Å². The number of carbonyl (C=O) groups excluding carboxylic acids is 1. The molecular weight excluding hydrogens is 404 g/mol. The highest BCUT2D eigenvalue weighted by molar-refractivity contribution is 5.76. The summed E-state index contributed by atoms with van der Waals surface area (Å²) in [5.41, 5.74) is 2.67. The summed E-state index contributed by atoms with van der Waals surface area (Å²) in [4.78, 5) is 18.0. The molecule has 4 atom stereocenters. The van der Waals surface area contributed by atoms with Gasteiger partial charge in [-0.15, -0.1) is 0 Å². The molecule has 7 heteroatoms.